The summed E-state index contributed by atoms with van der Waals surface area (Å²) in [6.45, 7) is 7.21. The summed E-state index contributed by atoms with van der Waals surface area (Å²) in [6.07, 6.45) is 1.01. The normalized spacial score (nSPS) is 24.9. The molecule has 1 aromatic carbocycles. The van der Waals surface area contributed by atoms with Gasteiger partial charge in [0.05, 0.1) is 17.9 Å². The van der Waals surface area contributed by atoms with Crippen molar-refractivity contribution in [1.82, 2.24) is 10.2 Å². The number of primary amides is 1. The molecule has 0 saturated heterocycles. The minimum absolute atomic E-state index is 0.00285. The third-order valence-corrected chi connectivity index (χ3v) is 8.23. The van der Waals surface area contributed by atoms with Gasteiger partial charge in [0.2, 0.25) is 5.78 Å². The molecule has 4 rings (SSSR count). The van der Waals surface area contributed by atoms with Gasteiger partial charge in [-0.3, -0.25) is 23.8 Å². The number of aliphatic hydroxyl groups is 3. The van der Waals surface area contributed by atoms with Crippen molar-refractivity contribution in [2.24, 2.45) is 23.0 Å². The van der Waals surface area contributed by atoms with Crippen molar-refractivity contribution in [2.75, 3.05) is 45.9 Å². The number of phenolic OH excluding ortho intramolecular Hbond substituents is 1. The molecule has 3 aliphatic rings. The van der Waals surface area contributed by atoms with Gasteiger partial charge in [0.15, 0.2) is 11.4 Å². The van der Waals surface area contributed by atoms with Gasteiger partial charge < -0.3 is 36.4 Å². The first-order valence-corrected chi connectivity index (χ1v) is 16.1. The molecule has 250 valence electrons. The highest BCUT2D eigenvalue weighted by Crippen LogP contribution is 2.54. The molecule has 0 unspecified atom stereocenters. The van der Waals surface area contributed by atoms with Crippen LogP contribution in [0.1, 0.15) is 43.9 Å². The standard InChI is InChI=1S/C29H40N4O7.CH4O3S/c1-28(2,3)12-31-11-14-10-17(32(4)5)15-8-13-9-16-21(33(6)7)24(36)20(27(30)39)26(38)29(16,40)25(37)18(13)23(35)19(15)22(14)34;1-5(2,3)4/h10,13,16,21,31,34-35,38,40H,8-9,11-12H2,1-7H3,(H2,30,39);1H3,(H,2,3,4)/t13-,16-,21+,29+;/m1./s1. The van der Waals surface area contributed by atoms with Crippen molar-refractivity contribution < 1.29 is 47.8 Å². The van der Waals surface area contributed by atoms with Crippen molar-refractivity contribution in [3.05, 3.63) is 39.7 Å². The van der Waals surface area contributed by atoms with E-state index in [4.69, 9.17) is 10.3 Å². The highest BCUT2D eigenvalue weighted by atomic mass is 32.2. The monoisotopic (exact) mass is 652 g/mol. The molecule has 3 aliphatic carbocycles. The maximum atomic E-state index is 14.0. The lowest BCUT2D eigenvalue weighted by Crippen LogP contribution is -2.65. The lowest BCUT2D eigenvalue weighted by molar-refractivity contribution is -0.153. The molecule has 0 aliphatic heterocycles. The van der Waals surface area contributed by atoms with Crippen molar-refractivity contribution in [2.45, 2.75) is 51.8 Å². The molecule has 8 N–H and O–H groups in total. The van der Waals surface area contributed by atoms with Crippen LogP contribution in [-0.4, -0.2) is 108 Å². The Morgan fingerprint density at radius 2 is 1.69 bits per heavy atom. The molecule has 0 heterocycles. The summed E-state index contributed by atoms with van der Waals surface area (Å²) in [4.78, 5) is 42.8. The largest absolute Gasteiger partial charge is 0.508 e. The fourth-order valence-corrected chi connectivity index (χ4v) is 6.45. The van der Waals surface area contributed by atoms with E-state index in [2.05, 4.69) is 26.1 Å². The number of likely N-dealkylation sites (N-methyl/N-ethyl adjacent to an activating group) is 1. The summed E-state index contributed by atoms with van der Waals surface area (Å²) in [5.74, 6) is -6.55. The van der Waals surface area contributed by atoms with Gasteiger partial charge >= 0.3 is 0 Å². The maximum Gasteiger partial charge on any atom is 0.261 e. The average molecular weight is 653 g/mol. The fraction of sp³-hybridized carbons (Fsp3) is 0.567. The Morgan fingerprint density at radius 3 is 2.16 bits per heavy atom. The molecular formula is C30H44N4O10S. The van der Waals surface area contributed by atoms with Crippen LogP contribution in [0.3, 0.4) is 0 Å². The molecule has 0 aromatic heterocycles. The zero-order valence-corrected chi connectivity index (χ0v) is 27.6. The quantitative estimate of drug-likeness (QED) is 0.166. The molecule has 1 fully saturated rings. The Hall–Kier alpha value is -3.50. The third kappa shape index (κ3) is 6.87. The van der Waals surface area contributed by atoms with Crippen LogP contribution in [0.25, 0.3) is 5.76 Å². The average Bonchev–Trinajstić information content (AvgIpc) is 2.85. The number of phenols is 1. The summed E-state index contributed by atoms with van der Waals surface area (Å²) in [5.41, 5.74) is 3.73. The van der Waals surface area contributed by atoms with Gasteiger partial charge in [0.1, 0.15) is 22.8 Å². The van der Waals surface area contributed by atoms with E-state index in [-0.39, 0.29) is 35.1 Å². The molecule has 0 spiro atoms. The van der Waals surface area contributed by atoms with E-state index in [9.17, 15) is 43.2 Å². The summed E-state index contributed by atoms with van der Waals surface area (Å²) in [6, 6.07) is 0.735. The van der Waals surface area contributed by atoms with Crippen molar-refractivity contribution in [1.29, 1.82) is 0 Å². The second kappa shape index (κ2) is 12.4. The first-order chi connectivity index (χ1) is 20.4. The number of aliphatic hydroxyl groups excluding tert-OH is 2. The number of aromatic hydroxyl groups is 1. The number of Topliss-reactive ketones (excluding diaryl/α,β-unsaturated/α-hetero) is 2. The number of anilines is 1. The number of fused-ring (bicyclic) bond motifs is 3. The lowest BCUT2D eigenvalue weighted by Gasteiger charge is -2.50. The van der Waals surface area contributed by atoms with E-state index in [0.717, 1.165) is 5.69 Å². The highest BCUT2D eigenvalue weighted by molar-refractivity contribution is 7.85. The predicted molar refractivity (Wildman–Crippen MR) is 167 cm³/mol. The molecule has 15 heteroatoms. The van der Waals surface area contributed by atoms with Gasteiger partial charge in [0, 0.05) is 49.9 Å². The number of nitrogens with zero attached hydrogens (tertiary/aromatic N) is 2. The predicted octanol–water partition coefficient (Wildman–Crippen LogP) is 0.670. The number of hydrogen-bond acceptors (Lipinski definition) is 12. The highest BCUT2D eigenvalue weighted by Gasteiger charge is 2.64. The van der Waals surface area contributed by atoms with E-state index in [0.29, 0.717) is 30.5 Å². The number of carbonyl (C=O) groups is 3. The Labute approximate surface area is 262 Å². The summed E-state index contributed by atoms with van der Waals surface area (Å²) < 4.78 is 25.9. The van der Waals surface area contributed by atoms with Crippen molar-refractivity contribution in [3.63, 3.8) is 0 Å². The van der Waals surface area contributed by atoms with Crippen LogP contribution in [0.15, 0.2) is 23.0 Å². The molecular weight excluding hydrogens is 608 g/mol. The first kappa shape index (κ1) is 36.0. The van der Waals surface area contributed by atoms with Crippen molar-refractivity contribution >= 4 is 39.0 Å². The second-order valence-electron chi connectivity index (χ2n) is 13.5. The number of nitrogens with two attached hydrogens (primary N) is 1. The van der Waals surface area contributed by atoms with Gasteiger partial charge in [0.25, 0.3) is 16.0 Å². The van der Waals surface area contributed by atoms with Gasteiger partial charge in [-0.2, -0.15) is 8.42 Å². The molecule has 4 atom stereocenters. The third-order valence-electron chi connectivity index (χ3n) is 8.23. The molecule has 1 aromatic rings. The summed E-state index contributed by atoms with van der Waals surface area (Å²) in [7, 11) is 3.17. The van der Waals surface area contributed by atoms with Gasteiger partial charge in [-0.25, -0.2) is 0 Å². The number of carbonyl (C=O) groups excluding carboxylic acids is 3. The Bertz CT molecular complexity index is 1580. The summed E-state index contributed by atoms with van der Waals surface area (Å²) in [5, 5.41) is 49.0. The smallest absolute Gasteiger partial charge is 0.261 e. The second-order valence-corrected chi connectivity index (χ2v) is 15.0. The topological polar surface area (TPSA) is 231 Å². The molecule has 0 bridgehead atoms. The van der Waals surface area contributed by atoms with Gasteiger partial charge in [-0.1, -0.05) is 20.8 Å². The number of hydrogen-bond donors (Lipinski definition) is 7. The van der Waals surface area contributed by atoms with Crippen LogP contribution >= 0.6 is 0 Å². The number of nitrogens with one attached hydrogen (secondary N) is 1. The zero-order valence-electron chi connectivity index (χ0n) is 26.8. The Kier molecular flexibility index (Phi) is 9.88. The molecule has 1 saturated carbocycles. The molecule has 0 radical (unpaired) electrons. The zero-order chi connectivity index (χ0) is 34.6. The lowest BCUT2D eigenvalue weighted by atomic mass is 9.57. The van der Waals surface area contributed by atoms with E-state index < -0.39 is 68.2 Å². The molecule has 1 amide bonds. The van der Waals surface area contributed by atoms with Crippen LogP contribution < -0.4 is 16.0 Å². The van der Waals surface area contributed by atoms with Crippen LogP contribution in [0, 0.1) is 17.3 Å². The minimum Gasteiger partial charge on any atom is -0.508 e. The van der Waals surface area contributed by atoms with E-state index in [1.54, 1.807) is 14.1 Å². The first-order valence-electron chi connectivity index (χ1n) is 14.3. The minimum atomic E-state index is -3.67. The number of rotatable bonds is 6. The molecule has 45 heavy (non-hydrogen) atoms. The van der Waals surface area contributed by atoms with Gasteiger partial charge in [-0.15, -0.1) is 0 Å². The van der Waals surface area contributed by atoms with E-state index >= 15 is 0 Å². The van der Waals surface area contributed by atoms with Crippen molar-refractivity contribution in [3.8, 4) is 5.75 Å². The SMILES string of the molecule is CN(C)c1cc(CNCC(C)(C)C)c(O)c2c1C[C@@H]1C[C@@H]3[C@H](N(C)C)C(=O)C(C(N)=O)=C(O)[C@@]3(O)C(=O)C1=C2O.CS(=O)(=O)O. The van der Waals surface area contributed by atoms with E-state index in [1.165, 1.54) is 4.90 Å². The van der Waals surface area contributed by atoms with Crippen LogP contribution in [-0.2, 0) is 37.5 Å². The molecule has 14 nitrogen and oxygen atoms in total. The Balaban J connectivity index is 0.00000102. The van der Waals surface area contributed by atoms with E-state index in [1.807, 2.05) is 25.1 Å². The summed E-state index contributed by atoms with van der Waals surface area (Å²) >= 11 is 0. The fourth-order valence-electron chi connectivity index (χ4n) is 6.45. The van der Waals surface area contributed by atoms with Gasteiger partial charge in [-0.05, 0) is 49.9 Å². The number of amides is 1. The maximum absolute atomic E-state index is 14.0. The Morgan fingerprint density at radius 1 is 1.13 bits per heavy atom. The van der Waals surface area contributed by atoms with Crippen LogP contribution in [0.2, 0.25) is 0 Å². The van der Waals surface area contributed by atoms with Crippen LogP contribution in [0.4, 0.5) is 5.69 Å². The number of benzene rings is 1. The number of ketones is 2. The van der Waals surface area contributed by atoms with Crippen LogP contribution in [0.5, 0.6) is 5.75 Å².